The van der Waals surface area contributed by atoms with Gasteiger partial charge in [-0.25, -0.2) is 24.2 Å². The van der Waals surface area contributed by atoms with Crippen LogP contribution in [0.4, 0.5) is 0 Å². The molecule has 0 atom stereocenters. The summed E-state index contributed by atoms with van der Waals surface area (Å²) in [6.45, 7) is 1.72. The van der Waals surface area contributed by atoms with Crippen LogP contribution in [-0.2, 0) is 30.6 Å². The monoisotopic (exact) mass is 490 g/mol. The highest BCUT2D eigenvalue weighted by Gasteiger charge is 2.04. The molecule has 0 fully saturated rings. The summed E-state index contributed by atoms with van der Waals surface area (Å²) in [5, 5.41) is 35.4. The van der Waals surface area contributed by atoms with Crippen LogP contribution >= 0.6 is 0 Å². The first-order chi connectivity index (χ1) is 16.6. The molecule has 13 nitrogen and oxygen atoms in total. The van der Waals surface area contributed by atoms with Gasteiger partial charge in [-0.1, -0.05) is 35.5 Å². The molecular formula is C22H26N4O9. The number of aryl methyl sites for hydroxylation is 1. The quantitative estimate of drug-likeness (QED) is 0.130. The molecule has 0 saturated carbocycles. The maximum absolute atomic E-state index is 9.55. The topological polar surface area (TPSA) is 215 Å². The summed E-state index contributed by atoms with van der Waals surface area (Å²) in [6.07, 6.45) is 8.51. The van der Waals surface area contributed by atoms with Crippen molar-refractivity contribution in [2.24, 2.45) is 10.9 Å². The van der Waals surface area contributed by atoms with Crippen molar-refractivity contribution in [3.05, 3.63) is 78.9 Å². The van der Waals surface area contributed by atoms with Gasteiger partial charge in [0.05, 0.1) is 12.0 Å². The van der Waals surface area contributed by atoms with Crippen LogP contribution in [0.2, 0.25) is 0 Å². The zero-order valence-electron chi connectivity index (χ0n) is 18.5. The maximum atomic E-state index is 9.55. The number of aliphatic carboxylic acids is 4. The fourth-order valence-corrected chi connectivity index (χ4v) is 1.99. The van der Waals surface area contributed by atoms with E-state index in [2.05, 4.69) is 10.1 Å². The third-order valence-corrected chi connectivity index (χ3v) is 3.39. The molecule has 35 heavy (non-hydrogen) atoms. The molecule has 13 heteroatoms. The van der Waals surface area contributed by atoms with Crippen LogP contribution in [0.3, 0.4) is 0 Å². The number of carboxylic acids is 4. The van der Waals surface area contributed by atoms with Gasteiger partial charge in [0.2, 0.25) is 0 Å². The number of hydrogen-bond acceptors (Lipinski definition) is 8. The largest absolute Gasteiger partial charge is 0.478 e. The second-order valence-corrected chi connectivity index (χ2v) is 6.10. The minimum absolute atomic E-state index is 0.432. The molecule has 2 aromatic rings. The Kier molecular flexibility index (Phi) is 16.2. The molecule has 188 valence electrons. The van der Waals surface area contributed by atoms with Crippen molar-refractivity contribution in [3.8, 4) is 0 Å². The predicted octanol–water partition coefficient (Wildman–Crippen LogP) is 1.08. The Hall–Kier alpha value is -4.78. The Morgan fingerprint density at radius 1 is 0.914 bits per heavy atom. The number of aromatic nitrogens is 2. The predicted molar refractivity (Wildman–Crippen MR) is 124 cm³/mol. The van der Waals surface area contributed by atoms with Gasteiger partial charge in [-0.2, -0.15) is 0 Å². The van der Waals surface area contributed by atoms with Gasteiger partial charge in [0.15, 0.2) is 0 Å². The van der Waals surface area contributed by atoms with E-state index in [-0.39, 0.29) is 0 Å². The summed E-state index contributed by atoms with van der Waals surface area (Å²) < 4.78 is 2.02. The number of oxime groups is 1. The SMILES string of the molecule is NCCON=C(CCn1ccnc1)c1ccccc1.O=C(O)C=CC(=O)O.O=C(O)C=CC(=O)O. The molecule has 0 aliphatic rings. The molecule has 0 amide bonds. The van der Waals surface area contributed by atoms with Crippen molar-refractivity contribution in [1.82, 2.24) is 9.55 Å². The normalized spacial score (nSPS) is 10.6. The molecule has 1 heterocycles. The van der Waals surface area contributed by atoms with Crippen LogP contribution in [0.5, 0.6) is 0 Å². The average molecular weight is 490 g/mol. The zero-order chi connectivity index (χ0) is 26.5. The van der Waals surface area contributed by atoms with E-state index in [1.165, 1.54) is 0 Å². The molecular weight excluding hydrogens is 464 g/mol. The van der Waals surface area contributed by atoms with Gasteiger partial charge in [-0.15, -0.1) is 0 Å². The van der Waals surface area contributed by atoms with Gasteiger partial charge >= 0.3 is 23.9 Å². The Balaban J connectivity index is 0.000000601. The Labute approximate surface area is 200 Å². The zero-order valence-corrected chi connectivity index (χ0v) is 18.5. The van der Waals surface area contributed by atoms with E-state index in [4.69, 9.17) is 31.0 Å². The van der Waals surface area contributed by atoms with Crippen molar-refractivity contribution in [2.75, 3.05) is 13.2 Å². The molecule has 0 unspecified atom stereocenters. The smallest absolute Gasteiger partial charge is 0.328 e. The van der Waals surface area contributed by atoms with Crippen molar-refractivity contribution in [1.29, 1.82) is 0 Å². The van der Waals surface area contributed by atoms with Gasteiger partial charge < -0.3 is 35.6 Å². The van der Waals surface area contributed by atoms with Crippen LogP contribution in [0, 0.1) is 0 Å². The maximum Gasteiger partial charge on any atom is 0.328 e. The van der Waals surface area contributed by atoms with Crippen molar-refractivity contribution >= 4 is 29.6 Å². The van der Waals surface area contributed by atoms with Gasteiger partial charge in [0, 0.05) is 56.2 Å². The minimum Gasteiger partial charge on any atom is -0.478 e. The van der Waals surface area contributed by atoms with E-state index in [0.717, 1.165) is 24.2 Å². The van der Waals surface area contributed by atoms with Crippen LogP contribution in [0.25, 0.3) is 0 Å². The number of nitrogens with two attached hydrogens (primary N) is 1. The molecule has 0 spiro atoms. The molecule has 0 aliphatic heterocycles. The van der Waals surface area contributed by atoms with Crippen LogP contribution in [-0.4, -0.2) is 72.7 Å². The summed E-state index contributed by atoms with van der Waals surface area (Å²) in [5.74, 6) is -5.03. The van der Waals surface area contributed by atoms with E-state index in [0.29, 0.717) is 37.5 Å². The van der Waals surface area contributed by atoms with Crippen molar-refractivity contribution < 1.29 is 44.4 Å². The van der Waals surface area contributed by atoms with Crippen LogP contribution in [0.15, 0.2) is 78.5 Å². The van der Waals surface area contributed by atoms with Gasteiger partial charge in [-0.3, -0.25) is 0 Å². The van der Waals surface area contributed by atoms with Gasteiger partial charge in [0.1, 0.15) is 6.61 Å². The van der Waals surface area contributed by atoms with E-state index < -0.39 is 23.9 Å². The van der Waals surface area contributed by atoms with E-state index in [1.807, 2.05) is 41.1 Å². The molecule has 0 radical (unpaired) electrons. The minimum atomic E-state index is -1.26. The van der Waals surface area contributed by atoms with E-state index >= 15 is 0 Å². The lowest BCUT2D eigenvalue weighted by Crippen LogP contribution is -2.10. The first kappa shape index (κ1) is 30.2. The highest BCUT2D eigenvalue weighted by atomic mass is 16.6. The van der Waals surface area contributed by atoms with Crippen molar-refractivity contribution in [3.63, 3.8) is 0 Å². The number of nitrogens with zero attached hydrogens (tertiary/aromatic N) is 3. The molecule has 2 rings (SSSR count). The molecule has 1 aromatic heterocycles. The highest BCUT2D eigenvalue weighted by Crippen LogP contribution is 2.06. The van der Waals surface area contributed by atoms with Gasteiger partial charge in [-0.05, 0) is 5.56 Å². The van der Waals surface area contributed by atoms with E-state index in [9.17, 15) is 19.2 Å². The summed E-state index contributed by atoms with van der Waals surface area (Å²) >= 11 is 0. The molecule has 0 bridgehead atoms. The lowest BCUT2D eigenvalue weighted by molar-refractivity contribution is -0.134. The standard InChI is InChI=1S/C14H18N4O.2C4H4O4/c15-7-11-19-17-14(13-4-2-1-3-5-13)6-9-18-10-8-16-12-18;2*5-3(6)1-2-4(7)8/h1-5,8,10,12H,6-7,9,11,15H2;2*1-2H,(H,5,6)(H,7,8). The first-order valence-electron chi connectivity index (χ1n) is 9.83. The lowest BCUT2D eigenvalue weighted by Gasteiger charge is -2.07. The molecule has 6 N–H and O–H groups in total. The second kappa shape index (κ2) is 18.8. The molecule has 1 aromatic carbocycles. The average Bonchev–Trinajstić information content (AvgIpc) is 3.34. The van der Waals surface area contributed by atoms with Gasteiger partial charge in [0.25, 0.3) is 0 Å². The number of benzene rings is 1. The Bertz CT molecular complexity index is 935. The number of carbonyl (C=O) groups is 4. The van der Waals surface area contributed by atoms with Crippen LogP contribution in [0.1, 0.15) is 12.0 Å². The van der Waals surface area contributed by atoms with E-state index in [1.54, 1.807) is 12.5 Å². The third-order valence-electron chi connectivity index (χ3n) is 3.39. The number of hydrogen-bond donors (Lipinski definition) is 5. The summed E-state index contributed by atoms with van der Waals surface area (Å²) in [4.78, 5) is 47.4. The highest BCUT2D eigenvalue weighted by molar-refractivity contribution is 6.00. The number of rotatable bonds is 11. The Morgan fingerprint density at radius 3 is 1.83 bits per heavy atom. The molecule has 0 saturated heterocycles. The summed E-state index contributed by atoms with van der Waals surface area (Å²) in [5.41, 5.74) is 7.39. The lowest BCUT2D eigenvalue weighted by atomic mass is 10.1. The fourth-order valence-electron chi connectivity index (χ4n) is 1.99. The molecule has 0 aliphatic carbocycles. The number of imidazole rings is 1. The summed E-state index contributed by atoms with van der Waals surface area (Å²) in [7, 11) is 0. The summed E-state index contributed by atoms with van der Waals surface area (Å²) in [6, 6.07) is 10.0. The number of carboxylic acid groups (broad SMARTS) is 4. The van der Waals surface area contributed by atoms with Crippen molar-refractivity contribution in [2.45, 2.75) is 13.0 Å². The fraction of sp³-hybridized carbons (Fsp3) is 0.182. The first-order valence-corrected chi connectivity index (χ1v) is 9.83. The third kappa shape index (κ3) is 18.5. The van der Waals surface area contributed by atoms with Crippen LogP contribution < -0.4 is 5.73 Å². The second-order valence-electron chi connectivity index (χ2n) is 6.10. The Morgan fingerprint density at radius 2 is 1.43 bits per heavy atom.